The molecule has 1 unspecified atom stereocenters. The van der Waals surface area contributed by atoms with Gasteiger partial charge in [0.25, 0.3) is 0 Å². The van der Waals surface area contributed by atoms with Crippen LogP contribution in [0, 0.1) is 16.7 Å². The molecular weight excluding hydrogens is 291 g/mol. The van der Waals surface area contributed by atoms with Crippen LogP contribution in [-0.2, 0) is 4.79 Å². The molecule has 3 heteroatoms. The van der Waals surface area contributed by atoms with Crippen molar-refractivity contribution in [2.45, 2.75) is 77.5 Å². The number of fused-ring (bicyclic) bond motifs is 4. The second kappa shape index (κ2) is 4.56. The third-order valence-electron chi connectivity index (χ3n) is 7.38. The summed E-state index contributed by atoms with van der Waals surface area (Å²) in [5.41, 5.74) is 1.51. The number of aliphatic hydroxyl groups excluding tert-OH is 1. The van der Waals surface area contributed by atoms with Crippen LogP contribution < -0.4 is 0 Å². The Morgan fingerprint density at radius 3 is 2.57 bits per heavy atom. The van der Waals surface area contributed by atoms with E-state index in [-0.39, 0.29) is 16.6 Å². The molecule has 4 rings (SSSR count). The largest absolute Gasteiger partial charge is 0.392 e. The lowest BCUT2D eigenvalue weighted by molar-refractivity contribution is -0.120. The number of carbonyl (C=O) groups excluding carboxylic acids is 1. The molecule has 4 aliphatic carbocycles. The molecule has 0 saturated heterocycles. The monoisotopic (exact) mass is 318 g/mol. The number of hydrogen-bond acceptors (Lipinski definition) is 2. The zero-order chi connectivity index (χ0) is 16.6. The minimum absolute atomic E-state index is 0.0138. The number of ketones is 1. The molecule has 23 heavy (non-hydrogen) atoms. The van der Waals surface area contributed by atoms with E-state index >= 15 is 4.39 Å². The molecule has 0 amide bonds. The molecule has 0 aromatic heterocycles. The van der Waals surface area contributed by atoms with Crippen LogP contribution in [0.2, 0.25) is 0 Å². The summed E-state index contributed by atoms with van der Waals surface area (Å²) in [4.78, 5) is 11.8. The number of alkyl halides is 1. The van der Waals surface area contributed by atoms with Crippen LogP contribution in [0.25, 0.3) is 0 Å². The van der Waals surface area contributed by atoms with E-state index in [1.54, 1.807) is 6.08 Å². The maximum Gasteiger partial charge on any atom is 0.155 e. The fourth-order valence-electron chi connectivity index (χ4n) is 6.07. The first-order valence-electron chi connectivity index (χ1n) is 9.02. The van der Waals surface area contributed by atoms with Crippen LogP contribution in [0.1, 0.15) is 65.7 Å². The third-order valence-corrected chi connectivity index (χ3v) is 7.38. The van der Waals surface area contributed by atoms with E-state index in [0.717, 1.165) is 24.0 Å². The molecule has 0 spiro atoms. The molecule has 0 aromatic rings. The van der Waals surface area contributed by atoms with E-state index < -0.39 is 17.7 Å². The van der Waals surface area contributed by atoms with Gasteiger partial charge in [-0.05, 0) is 61.0 Å². The van der Waals surface area contributed by atoms with Crippen molar-refractivity contribution < 1.29 is 14.3 Å². The lowest BCUT2D eigenvalue weighted by Crippen LogP contribution is -2.57. The Morgan fingerprint density at radius 2 is 1.83 bits per heavy atom. The van der Waals surface area contributed by atoms with E-state index in [1.165, 1.54) is 5.57 Å². The first-order valence-corrected chi connectivity index (χ1v) is 9.02. The number of aliphatic hydroxyl groups is 1. The summed E-state index contributed by atoms with van der Waals surface area (Å²) >= 11 is 0. The van der Waals surface area contributed by atoms with Crippen LogP contribution in [0.3, 0.4) is 0 Å². The zero-order valence-corrected chi connectivity index (χ0v) is 14.4. The molecule has 0 aliphatic heterocycles. The van der Waals surface area contributed by atoms with Gasteiger partial charge in [0.1, 0.15) is 5.67 Å². The molecule has 126 valence electrons. The van der Waals surface area contributed by atoms with Gasteiger partial charge < -0.3 is 5.11 Å². The standard InChI is InChI=1S/C20H27FO2/c1-18(2)7-6-14-15(18)11-16(23)17-19(3)8-5-13(22)10-12(19)4-9-20(14,17)21/h10,16-17,23H,4-9,11H2,1-3H3/t16?,17-,19+,20-/m1/s1. The van der Waals surface area contributed by atoms with E-state index in [2.05, 4.69) is 20.8 Å². The van der Waals surface area contributed by atoms with Crippen LogP contribution >= 0.6 is 0 Å². The van der Waals surface area contributed by atoms with Crippen molar-refractivity contribution in [1.82, 2.24) is 0 Å². The van der Waals surface area contributed by atoms with Crippen LogP contribution in [0.15, 0.2) is 22.8 Å². The van der Waals surface area contributed by atoms with E-state index in [4.69, 9.17) is 0 Å². The minimum atomic E-state index is -1.38. The highest BCUT2D eigenvalue weighted by Crippen LogP contribution is 2.65. The van der Waals surface area contributed by atoms with Gasteiger partial charge in [-0.15, -0.1) is 0 Å². The predicted octanol–water partition coefficient (Wildman–Crippen LogP) is 4.28. The van der Waals surface area contributed by atoms with Crippen LogP contribution in [0.4, 0.5) is 4.39 Å². The van der Waals surface area contributed by atoms with Gasteiger partial charge in [-0.3, -0.25) is 4.79 Å². The number of carbonyl (C=O) groups is 1. The Balaban J connectivity index is 1.85. The van der Waals surface area contributed by atoms with Crippen LogP contribution in [-0.4, -0.2) is 22.7 Å². The average molecular weight is 318 g/mol. The first-order chi connectivity index (χ1) is 10.7. The summed E-state index contributed by atoms with van der Waals surface area (Å²) in [5.74, 6) is -0.230. The van der Waals surface area contributed by atoms with Gasteiger partial charge in [0.2, 0.25) is 0 Å². The summed E-state index contributed by atoms with van der Waals surface area (Å²) in [6, 6.07) is 0. The van der Waals surface area contributed by atoms with Gasteiger partial charge >= 0.3 is 0 Å². The Morgan fingerprint density at radius 1 is 1.09 bits per heavy atom. The summed E-state index contributed by atoms with van der Waals surface area (Å²) < 4.78 is 16.3. The highest BCUT2D eigenvalue weighted by atomic mass is 19.1. The Bertz CT molecular complexity index is 644. The van der Waals surface area contributed by atoms with Crippen molar-refractivity contribution in [2.75, 3.05) is 0 Å². The molecular formula is C20H27FO2. The first kappa shape index (κ1) is 15.6. The summed E-state index contributed by atoms with van der Waals surface area (Å²) in [6.07, 6.45) is 5.77. The van der Waals surface area contributed by atoms with Crippen molar-refractivity contribution in [3.8, 4) is 0 Å². The lowest BCUT2D eigenvalue weighted by atomic mass is 9.50. The third kappa shape index (κ3) is 1.92. The second-order valence-corrected chi connectivity index (χ2v) is 9.01. The summed E-state index contributed by atoms with van der Waals surface area (Å²) in [6.45, 7) is 6.44. The molecule has 0 aromatic carbocycles. The molecule has 2 nitrogen and oxygen atoms in total. The number of rotatable bonds is 0. The van der Waals surface area contributed by atoms with Gasteiger partial charge in [-0.1, -0.05) is 31.9 Å². The van der Waals surface area contributed by atoms with E-state index in [0.29, 0.717) is 32.1 Å². The van der Waals surface area contributed by atoms with E-state index in [1.807, 2.05) is 0 Å². The van der Waals surface area contributed by atoms with Crippen molar-refractivity contribution in [3.63, 3.8) is 0 Å². The topological polar surface area (TPSA) is 37.3 Å². The van der Waals surface area contributed by atoms with Gasteiger partial charge in [0, 0.05) is 12.3 Å². The molecule has 4 aliphatic rings. The van der Waals surface area contributed by atoms with Crippen molar-refractivity contribution in [3.05, 3.63) is 22.8 Å². The lowest BCUT2D eigenvalue weighted by Gasteiger charge is -2.57. The average Bonchev–Trinajstić information content (AvgIpc) is 2.76. The molecule has 0 heterocycles. The van der Waals surface area contributed by atoms with Crippen molar-refractivity contribution in [2.24, 2.45) is 16.7 Å². The number of allylic oxidation sites excluding steroid dienone is 3. The predicted molar refractivity (Wildman–Crippen MR) is 87.7 cm³/mol. The zero-order valence-electron chi connectivity index (χ0n) is 14.4. The van der Waals surface area contributed by atoms with E-state index in [9.17, 15) is 9.90 Å². The molecule has 0 radical (unpaired) electrons. The molecule has 1 fully saturated rings. The van der Waals surface area contributed by atoms with Gasteiger partial charge in [-0.2, -0.15) is 0 Å². The number of hydrogen-bond donors (Lipinski definition) is 1. The fourth-order valence-corrected chi connectivity index (χ4v) is 6.07. The maximum atomic E-state index is 16.3. The highest BCUT2D eigenvalue weighted by molar-refractivity contribution is 5.91. The van der Waals surface area contributed by atoms with Crippen molar-refractivity contribution in [1.29, 1.82) is 0 Å². The minimum Gasteiger partial charge on any atom is -0.392 e. The van der Waals surface area contributed by atoms with Crippen LogP contribution in [0.5, 0.6) is 0 Å². The van der Waals surface area contributed by atoms with Gasteiger partial charge in [0.05, 0.1) is 6.10 Å². The second-order valence-electron chi connectivity index (χ2n) is 9.01. The van der Waals surface area contributed by atoms with Crippen molar-refractivity contribution >= 4 is 5.78 Å². The molecule has 1 saturated carbocycles. The molecule has 0 bridgehead atoms. The Kier molecular flexibility index (Phi) is 3.09. The number of halogens is 1. The summed E-state index contributed by atoms with van der Waals surface area (Å²) in [7, 11) is 0. The maximum absolute atomic E-state index is 16.3. The normalized spacial score (nSPS) is 45.3. The highest BCUT2D eigenvalue weighted by Gasteiger charge is 2.63. The summed E-state index contributed by atoms with van der Waals surface area (Å²) in [5, 5.41) is 10.9. The Hall–Kier alpha value is -0.960. The fraction of sp³-hybridized carbons (Fsp3) is 0.750. The molecule has 4 atom stereocenters. The Labute approximate surface area is 137 Å². The SMILES string of the molecule is CC1(C)CCC2=C1CC(O)[C@@H]1[C@@]3(C)CCC(=O)C=C3CC[C@@]21F. The van der Waals surface area contributed by atoms with Gasteiger partial charge in [-0.25, -0.2) is 4.39 Å². The molecule has 1 N–H and O–H groups in total. The van der Waals surface area contributed by atoms with Gasteiger partial charge in [0.15, 0.2) is 5.78 Å². The smallest absolute Gasteiger partial charge is 0.155 e. The quantitative estimate of drug-likeness (QED) is 0.677.